The maximum absolute atomic E-state index is 12.4. The lowest BCUT2D eigenvalue weighted by atomic mass is 10.1. The van der Waals surface area contributed by atoms with Crippen molar-refractivity contribution < 1.29 is 9.32 Å². The van der Waals surface area contributed by atoms with Gasteiger partial charge in [0, 0.05) is 10.5 Å². The SMILES string of the molecule is CCSc1ccccc1C(=O)NCc1nc(-c2ccc(C)cc2)no1. The van der Waals surface area contributed by atoms with Gasteiger partial charge in [-0.1, -0.05) is 54.0 Å². The lowest BCUT2D eigenvalue weighted by Crippen LogP contribution is -2.23. The van der Waals surface area contributed by atoms with Crippen molar-refractivity contribution in [2.24, 2.45) is 0 Å². The lowest BCUT2D eigenvalue weighted by molar-refractivity contribution is 0.0943. The number of benzene rings is 2. The standard InChI is InChI=1S/C19H19N3O2S/c1-3-25-16-7-5-4-6-15(16)19(23)20-12-17-21-18(22-24-17)14-10-8-13(2)9-11-14/h4-11H,3,12H2,1-2H3,(H,20,23). The van der Waals surface area contributed by atoms with E-state index < -0.39 is 0 Å². The van der Waals surface area contributed by atoms with Gasteiger partial charge in [-0.25, -0.2) is 0 Å². The highest BCUT2D eigenvalue weighted by Gasteiger charge is 2.13. The van der Waals surface area contributed by atoms with Crippen LogP contribution in [0.3, 0.4) is 0 Å². The van der Waals surface area contributed by atoms with Crippen LogP contribution in [-0.2, 0) is 6.54 Å². The number of amides is 1. The minimum Gasteiger partial charge on any atom is -0.343 e. The maximum atomic E-state index is 12.4. The molecule has 3 aromatic rings. The van der Waals surface area contributed by atoms with E-state index in [1.165, 1.54) is 5.56 Å². The van der Waals surface area contributed by atoms with E-state index in [2.05, 4.69) is 22.4 Å². The molecule has 0 bridgehead atoms. The van der Waals surface area contributed by atoms with Crippen LogP contribution in [0.5, 0.6) is 0 Å². The van der Waals surface area contributed by atoms with Crippen LogP contribution in [0.25, 0.3) is 11.4 Å². The molecule has 0 fully saturated rings. The van der Waals surface area contributed by atoms with Gasteiger partial charge < -0.3 is 9.84 Å². The Bertz CT molecular complexity index is 859. The first-order valence-electron chi connectivity index (χ1n) is 8.07. The Kier molecular flexibility index (Phi) is 5.50. The average molecular weight is 353 g/mol. The van der Waals surface area contributed by atoms with Gasteiger partial charge in [0.15, 0.2) is 0 Å². The van der Waals surface area contributed by atoms with Crippen molar-refractivity contribution in [3.8, 4) is 11.4 Å². The molecule has 1 N–H and O–H groups in total. The smallest absolute Gasteiger partial charge is 0.252 e. The average Bonchev–Trinajstić information content (AvgIpc) is 3.10. The molecule has 0 aliphatic carbocycles. The molecular formula is C19H19N3O2S. The normalized spacial score (nSPS) is 10.6. The first-order valence-corrected chi connectivity index (χ1v) is 9.05. The third-order valence-corrected chi connectivity index (χ3v) is 4.57. The summed E-state index contributed by atoms with van der Waals surface area (Å²) in [4.78, 5) is 17.7. The molecule has 0 unspecified atom stereocenters. The minimum absolute atomic E-state index is 0.147. The van der Waals surface area contributed by atoms with Crippen LogP contribution in [0.4, 0.5) is 0 Å². The highest BCUT2D eigenvalue weighted by Crippen LogP contribution is 2.22. The molecule has 0 atom stereocenters. The Morgan fingerprint density at radius 2 is 1.92 bits per heavy atom. The predicted molar refractivity (Wildman–Crippen MR) is 98.5 cm³/mol. The van der Waals surface area contributed by atoms with Crippen molar-refractivity contribution in [3.05, 3.63) is 65.5 Å². The summed E-state index contributed by atoms with van der Waals surface area (Å²) in [6, 6.07) is 15.4. The third-order valence-electron chi connectivity index (χ3n) is 3.61. The van der Waals surface area contributed by atoms with Crippen molar-refractivity contribution in [2.45, 2.75) is 25.3 Å². The number of rotatable bonds is 6. The van der Waals surface area contributed by atoms with E-state index in [4.69, 9.17) is 4.52 Å². The van der Waals surface area contributed by atoms with Gasteiger partial charge in [-0.2, -0.15) is 4.98 Å². The van der Waals surface area contributed by atoms with Gasteiger partial charge in [0.2, 0.25) is 11.7 Å². The summed E-state index contributed by atoms with van der Waals surface area (Å²) in [6.07, 6.45) is 0. The van der Waals surface area contributed by atoms with Crippen molar-refractivity contribution in [1.82, 2.24) is 15.5 Å². The van der Waals surface area contributed by atoms with Crippen molar-refractivity contribution in [2.75, 3.05) is 5.75 Å². The number of carbonyl (C=O) groups is 1. The molecule has 0 aliphatic rings. The van der Waals surface area contributed by atoms with Crippen LogP contribution >= 0.6 is 11.8 Å². The van der Waals surface area contributed by atoms with Gasteiger partial charge in [-0.15, -0.1) is 11.8 Å². The van der Waals surface area contributed by atoms with Crippen LogP contribution in [0.2, 0.25) is 0 Å². The molecule has 0 aliphatic heterocycles. The van der Waals surface area contributed by atoms with E-state index in [9.17, 15) is 4.79 Å². The summed E-state index contributed by atoms with van der Waals surface area (Å²) >= 11 is 1.64. The van der Waals surface area contributed by atoms with E-state index in [1.54, 1.807) is 11.8 Å². The van der Waals surface area contributed by atoms with E-state index >= 15 is 0 Å². The molecule has 0 saturated carbocycles. The number of nitrogens with one attached hydrogen (secondary N) is 1. The second kappa shape index (κ2) is 7.98. The number of aryl methyl sites for hydroxylation is 1. The number of nitrogens with zero attached hydrogens (tertiary/aromatic N) is 2. The molecule has 5 nitrogen and oxygen atoms in total. The zero-order valence-electron chi connectivity index (χ0n) is 14.2. The van der Waals surface area contributed by atoms with E-state index in [1.807, 2.05) is 55.5 Å². The summed E-state index contributed by atoms with van der Waals surface area (Å²) in [5.41, 5.74) is 2.72. The Morgan fingerprint density at radius 3 is 2.68 bits per heavy atom. The fourth-order valence-electron chi connectivity index (χ4n) is 2.33. The molecule has 1 heterocycles. The molecule has 128 valence electrons. The first kappa shape index (κ1) is 17.2. The van der Waals surface area contributed by atoms with Crippen molar-refractivity contribution >= 4 is 17.7 Å². The topological polar surface area (TPSA) is 68.0 Å². The van der Waals surface area contributed by atoms with Gasteiger partial charge in [0.05, 0.1) is 12.1 Å². The monoisotopic (exact) mass is 353 g/mol. The molecule has 1 amide bonds. The Morgan fingerprint density at radius 1 is 1.16 bits per heavy atom. The molecule has 1 aromatic heterocycles. The van der Waals surface area contributed by atoms with E-state index in [0.717, 1.165) is 16.2 Å². The number of hydrogen-bond donors (Lipinski definition) is 1. The molecular weight excluding hydrogens is 334 g/mol. The zero-order chi connectivity index (χ0) is 17.6. The zero-order valence-corrected chi connectivity index (χ0v) is 15.0. The van der Waals surface area contributed by atoms with Gasteiger partial charge in [-0.3, -0.25) is 4.79 Å². The Hall–Kier alpha value is -2.60. The van der Waals surface area contributed by atoms with Crippen LogP contribution in [0, 0.1) is 6.92 Å². The predicted octanol–water partition coefficient (Wildman–Crippen LogP) is 4.09. The quantitative estimate of drug-likeness (QED) is 0.676. The summed E-state index contributed by atoms with van der Waals surface area (Å²) < 4.78 is 5.23. The van der Waals surface area contributed by atoms with Crippen LogP contribution in [0.1, 0.15) is 28.7 Å². The number of aromatic nitrogens is 2. The summed E-state index contributed by atoms with van der Waals surface area (Å²) in [7, 11) is 0. The number of carbonyl (C=O) groups excluding carboxylic acids is 1. The molecule has 3 rings (SSSR count). The fourth-order valence-corrected chi connectivity index (χ4v) is 3.14. The molecule has 25 heavy (non-hydrogen) atoms. The van der Waals surface area contributed by atoms with E-state index in [0.29, 0.717) is 17.3 Å². The third kappa shape index (κ3) is 4.28. The second-order valence-electron chi connectivity index (χ2n) is 5.49. The van der Waals surface area contributed by atoms with E-state index in [-0.39, 0.29) is 12.5 Å². The summed E-state index contributed by atoms with van der Waals surface area (Å²) in [5.74, 6) is 1.66. The van der Waals surface area contributed by atoms with Gasteiger partial charge >= 0.3 is 0 Å². The van der Waals surface area contributed by atoms with Gasteiger partial charge in [-0.05, 0) is 24.8 Å². The van der Waals surface area contributed by atoms with Crippen LogP contribution in [-0.4, -0.2) is 21.8 Å². The Balaban J connectivity index is 1.66. The minimum atomic E-state index is -0.147. The second-order valence-corrected chi connectivity index (χ2v) is 6.80. The largest absolute Gasteiger partial charge is 0.343 e. The number of thioether (sulfide) groups is 1. The molecule has 0 spiro atoms. The lowest BCUT2D eigenvalue weighted by Gasteiger charge is -2.07. The number of hydrogen-bond acceptors (Lipinski definition) is 5. The first-order chi connectivity index (χ1) is 12.2. The fraction of sp³-hybridized carbons (Fsp3) is 0.211. The highest BCUT2D eigenvalue weighted by molar-refractivity contribution is 7.99. The molecule has 0 saturated heterocycles. The maximum Gasteiger partial charge on any atom is 0.252 e. The van der Waals surface area contributed by atoms with Gasteiger partial charge in [0.1, 0.15) is 0 Å². The molecule has 0 radical (unpaired) electrons. The van der Waals surface area contributed by atoms with Crippen molar-refractivity contribution in [3.63, 3.8) is 0 Å². The summed E-state index contributed by atoms with van der Waals surface area (Å²) in [6.45, 7) is 4.28. The summed E-state index contributed by atoms with van der Waals surface area (Å²) in [5, 5.41) is 6.81. The highest BCUT2D eigenvalue weighted by atomic mass is 32.2. The van der Waals surface area contributed by atoms with Crippen molar-refractivity contribution in [1.29, 1.82) is 0 Å². The van der Waals surface area contributed by atoms with Crippen LogP contribution in [0.15, 0.2) is 57.9 Å². The van der Waals surface area contributed by atoms with Gasteiger partial charge in [0.25, 0.3) is 5.91 Å². The molecule has 2 aromatic carbocycles. The van der Waals surface area contributed by atoms with Crippen LogP contribution < -0.4 is 5.32 Å². The Labute approximate surface area is 150 Å². The molecule has 6 heteroatoms.